The average Bonchev–Trinajstić information content (AvgIpc) is 2.57. The normalized spacial score (nSPS) is 11.0. The molecule has 0 saturated carbocycles. The summed E-state index contributed by atoms with van der Waals surface area (Å²) in [5, 5.41) is 10.7. The number of benzene rings is 2. The molecule has 2 aromatic carbocycles. The SMILES string of the molecule is CCCCOc1cc(O)c(C(=O)/C=C/c2ccccc2Cl)cc1Br. The average molecular weight is 410 g/mol. The second-order valence-electron chi connectivity index (χ2n) is 5.22. The molecule has 2 rings (SSSR count). The highest BCUT2D eigenvalue weighted by molar-refractivity contribution is 9.10. The maximum Gasteiger partial charge on any atom is 0.189 e. The fourth-order valence-electron chi connectivity index (χ4n) is 2.04. The van der Waals surface area contributed by atoms with Gasteiger partial charge in [-0.1, -0.05) is 43.1 Å². The molecular formula is C19H18BrClO3. The number of carbonyl (C=O) groups is 1. The quantitative estimate of drug-likeness (QED) is 0.353. The van der Waals surface area contributed by atoms with Gasteiger partial charge >= 0.3 is 0 Å². The Morgan fingerprint density at radius 3 is 2.79 bits per heavy atom. The molecule has 0 atom stereocenters. The zero-order valence-corrected chi connectivity index (χ0v) is 15.6. The maximum absolute atomic E-state index is 12.3. The van der Waals surface area contributed by atoms with Gasteiger partial charge in [0.25, 0.3) is 0 Å². The van der Waals surface area contributed by atoms with Crippen molar-refractivity contribution >= 4 is 39.4 Å². The summed E-state index contributed by atoms with van der Waals surface area (Å²) in [6, 6.07) is 10.2. The number of carbonyl (C=O) groups excluding carboxylic acids is 1. The van der Waals surface area contributed by atoms with E-state index < -0.39 is 0 Å². The van der Waals surface area contributed by atoms with Crippen molar-refractivity contribution in [1.29, 1.82) is 0 Å². The largest absolute Gasteiger partial charge is 0.507 e. The molecule has 0 aliphatic rings. The van der Waals surface area contributed by atoms with Crippen LogP contribution in [0.5, 0.6) is 11.5 Å². The van der Waals surface area contributed by atoms with Crippen LogP contribution in [0, 0.1) is 0 Å². The molecule has 5 heteroatoms. The predicted molar refractivity (Wildman–Crippen MR) is 101 cm³/mol. The topological polar surface area (TPSA) is 46.5 Å². The maximum atomic E-state index is 12.3. The second kappa shape index (κ2) is 8.90. The number of aromatic hydroxyl groups is 1. The third-order valence-electron chi connectivity index (χ3n) is 3.39. The molecule has 0 amide bonds. The van der Waals surface area contributed by atoms with Crippen LogP contribution in [-0.2, 0) is 0 Å². The van der Waals surface area contributed by atoms with Gasteiger partial charge in [0.15, 0.2) is 5.78 Å². The van der Waals surface area contributed by atoms with E-state index in [4.69, 9.17) is 16.3 Å². The smallest absolute Gasteiger partial charge is 0.189 e. The summed E-state index contributed by atoms with van der Waals surface area (Å²) >= 11 is 9.43. The molecule has 0 saturated heterocycles. The molecule has 0 unspecified atom stereocenters. The Morgan fingerprint density at radius 2 is 2.08 bits per heavy atom. The highest BCUT2D eigenvalue weighted by Crippen LogP contribution is 2.33. The lowest BCUT2D eigenvalue weighted by Crippen LogP contribution is -2.00. The molecule has 0 fully saturated rings. The zero-order chi connectivity index (χ0) is 17.5. The highest BCUT2D eigenvalue weighted by Gasteiger charge is 2.13. The number of ether oxygens (including phenoxy) is 1. The van der Waals surface area contributed by atoms with Crippen LogP contribution in [0.25, 0.3) is 6.08 Å². The standard InChI is InChI=1S/C19H18BrClO3/c1-2-3-10-24-19-12-18(23)14(11-15(19)20)17(22)9-8-13-6-4-5-7-16(13)21/h4-9,11-12,23H,2-3,10H2,1H3/b9-8+. The number of halogens is 2. The number of phenolic OH excluding ortho intramolecular Hbond substituents is 1. The Labute approximate surface area is 155 Å². The van der Waals surface area contributed by atoms with Gasteiger partial charge in [0.05, 0.1) is 16.6 Å². The monoisotopic (exact) mass is 408 g/mol. The third kappa shape index (κ3) is 4.86. The van der Waals surface area contributed by atoms with Gasteiger partial charge in [-0.15, -0.1) is 0 Å². The van der Waals surface area contributed by atoms with Gasteiger partial charge in [-0.25, -0.2) is 0 Å². The molecule has 0 aliphatic carbocycles. The van der Waals surface area contributed by atoms with Gasteiger partial charge in [0.2, 0.25) is 0 Å². The molecule has 1 N–H and O–H groups in total. The molecular weight excluding hydrogens is 392 g/mol. The van der Waals surface area contributed by atoms with Crippen LogP contribution in [0.1, 0.15) is 35.7 Å². The van der Waals surface area contributed by atoms with Crippen LogP contribution in [0.15, 0.2) is 46.9 Å². The van der Waals surface area contributed by atoms with Crippen LogP contribution in [-0.4, -0.2) is 17.5 Å². The first kappa shape index (κ1) is 18.6. The van der Waals surface area contributed by atoms with Gasteiger partial charge in [-0.2, -0.15) is 0 Å². The summed E-state index contributed by atoms with van der Waals surface area (Å²) in [6.07, 6.45) is 4.96. The Kier molecular flexibility index (Phi) is 6.88. The lowest BCUT2D eigenvalue weighted by Gasteiger charge is -2.10. The lowest BCUT2D eigenvalue weighted by molar-refractivity contribution is 0.104. The van der Waals surface area contributed by atoms with E-state index in [-0.39, 0.29) is 17.1 Å². The predicted octanol–water partition coefficient (Wildman–Crippen LogP) is 5.88. The highest BCUT2D eigenvalue weighted by atomic mass is 79.9. The summed E-state index contributed by atoms with van der Waals surface area (Å²) in [5.74, 6) is 0.0966. The van der Waals surface area contributed by atoms with E-state index in [1.54, 1.807) is 18.2 Å². The van der Waals surface area contributed by atoms with Crippen LogP contribution in [0.4, 0.5) is 0 Å². The van der Waals surface area contributed by atoms with Gasteiger partial charge in [0, 0.05) is 11.1 Å². The molecule has 2 aromatic rings. The first-order valence-electron chi connectivity index (χ1n) is 7.65. The van der Waals surface area contributed by atoms with Crippen LogP contribution in [0.2, 0.25) is 5.02 Å². The Morgan fingerprint density at radius 1 is 1.33 bits per heavy atom. The Balaban J connectivity index is 2.18. The van der Waals surface area contributed by atoms with E-state index in [1.165, 1.54) is 12.1 Å². The molecule has 24 heavy (non-hydrogen) atoms. The van der Waals surface area contributed by atoms with E-state index >= 15 is 0 Å². The summed E-state index contributed by atoms with van der Waals surface area (Å²) in [4.78, 5) is 12.3. The van der Waals surface area contributed by atoms with Crippen LogP contribution in [0.3, 0.4) is 0 Å². The Hall–Kier alpha value is -1.78. The minimum absolute atomic E-state index is 0.112. The number of allylic oxidation sites excluding steroid dienone is 1. The molecule has 0 aromatic heterocycles. The molecule has 126 valence electrons. The van der Waals surface area contributed by atoms with E-state index in [9.17, 15) is 9.90 Å². The van der Waals surface area contributed by atoms with Crippen molar-refractivity contribution in [1.82, 2.24) is 0 Å². The minimum Gasteiger partial charge on any atom is -0.507 e. The summed E-state index contributed by atoms with van der Waals surface area (Å²) in [7, 11) is 0. The number of rotatable bonds is 7. The van der Waals surface area contributed by atoms with Crippen molar-refractivity contribution in [2.24, 2.45) is 0 Å². The molecule has 0 radical (unpaired) electrons. The van der Waals surface area contributed by atoms with Crippen LogP contribution < -0.4 is 4.74 Å². The summed E-state index contributed by atoms with van der Waals surface area (Å²) in [6.45, 7) is 2.64. The van der Waals surface area contributed by atoms with Crippen molar-refractivity contribution in [3.63, 3.8) is 0 Å². The summed E-state index contributed by atoms with van der Waals surface area (Å²) < 4.78 is 6.21. The second-order valence-corrected chi connectivity index (χ2v) is 6.48. The van der Waals surface area contributed by atoms with Crippen molar-refractivity contribution in [2.45, 2.75) is 19.8 Å². The molecule has 3 nitrogen and oxygen atoms in total. The zero-order valence-electron chi connectivity index (χ0n) is 13.3. The van der Waals surface area contributed by atoms with Gasteiger partial charge in [-0.3, -0.25) is 4.79 Å². The molecule has 0 heterocycles. The number of phenols is 1. The van der Waals surface area contributed by atoms with Crippen molar-refractivity contribution in [2.75, 3.05) is 6.61 Å². The first-order chi connectivity index (χ1) is 11.5. The van der Waals surface area contributed by atoms with Gasteiger partial charge in [-0.05, 0) is 52.2 Å². The van der Waals surface area contributed by atoms with Crippen molar-refractivity contribution < 1.29 is 14.6 Å². The van der Waals surface area contributed by atoms with Gasteiger partial charge in [0.1, 0.15) is 11.5 Å². The van der Waals surface area contributed by atoms with Gasteiger partial charge < -0.3 is 9.84 Å². The third-order valence-corrected chi connectivity index (χ3v) is 4.35. The van der Waals surface area contributed by atoms with E-state index in [0.29, 0.717) is 21.9 Å². The molecule has 0 bridgehead atoms. The fourth-order valence-corrected chi connectivity index (χ4v) is 2.70. The number of hydrogen-bond acceptors (Lipinski definition) is 3. The van der Waals surface area contributed by atoms with Crippen LogP contribution >= 0.6 is 27.5 Å². The Bertz CT molecular complexity index is 756. The first-order valence-corrected chi connectivity index (χ1v) is 8.82. The van der Waals surface area contributed by atoms with E-state index in [1.807, 2.05) is 18.2 Å². The number of hydrogen-bond donors (Lipinski definition) is 1. The van der Waals surface area contributed by atoms with E-state index in [2.05, 4.69) is 22.9 Å². The molecule has 0 aliphatic heterocycles. The molecule has 0 spiro atoms. The minimum atomic E-state index is -0.312. The van der Waals surface area contributed by atoms with Crippen molar-refractivity contribution in [3.05, 3.63) is 63.1 Å². The fraction of sp³-hybridized carbons (Fsp3) is 0.211. The lowest BCUT2D eigenvalue weighted by atomic mass is 10.1. The number of unbranched alkanes of at least 4 members (excludes halogenated alkanes) is 1. The van der Waals surface area contributed by atoms with E-state index in [0.717, 1.165) is 18.4 Å². The number of ketones is 1. The summed E-state index contributed by atoms with van der Waals surface area (Å²) in [5.41, 5.74) is 0.943. The van der Waals surface area contributed by atoms with Crippen molar-refractivity contribution in [3.8, 4) is 11.5 Å².